The first-order valence-corrected chi connectivity index (χ1v) is 6.95. The van der Waals surface area contributed by atoms with Crippen molar-refractivity contribution in [2.45, 2.75) is 13.8 Å². The van der Waals surface area contributed by atoms with Crippen LogP contribution in [0.4, 0.5) is 0 Å². The van der Waals surface area contributed by atoms with Gasteiger partial charge in [0.25, 0.3) is 0 Å². The van der Waals surface area contributed by atoms with Crippen LogP contribution in [0.15, 0.2) is 21.1 Å². The van der Waals surface area contributed by atoms with Crippen LogP contribution < -0.4 is 0 Å². The molecule has 0 spiro atoms. The zero-order valence-electron chi connectivity index (χ0n) is 9.96. The molecule has 0 fully saturated rings. The van der Waals surface area contributed by atoms with Crippen LogP contribution in [0.3, 0.4) is 0 Å². The number of rotatable bonds is 2. The van der Waals surface area contributed by atoms with E-state index in [1.54, 1.807) is 0 Å². The molecule has 94 valence electrons. The Kier molecular flexibility index (Phi) is 3.92. The predicted octanol–water partition coefficient (Wildman–Crippen LogP) is 4.43. The molecular weight excluding hydrogens is 360 g/mol. The van der Waals surface area contributed by atoms with Crippen molar-refractivity contribution in [2.75, 3.05) is 0 Å². The molecule has 18 heavy (non-hydrogen) atoms. The Morgan fingerprint density at radius 1 is 1.17 bits per heavy atom. The lowest BCUT2D eigenvalue weighted by Crippen LogP contribution is -1.79. The van der Waals surface area contributed by atoms with Crippen molar-refractivity contribution in [3.8, 4) is 5.75 Å². The maximum Gasteiger partial charge on any atom is 0.143 e. The molecule has 2 N–H and O–H groups in total. The standard InChI is InChI=1S/C13H12Br2N2O/c1-7-10(8(2)17-16-7)4-3-9-5-11(14)13(18)12(15)6-9/h3-6,18H,1-2H3,(H,16,17)/b4-3+. The average Bonchev–Trinajstić information content (AvgIpc) is 2.63. The summed E-state index contributed by atoms with van der Waals surface area (Å²) in [6.45, 7) is 3.95. The Morgan fingerprint density at radius 2 is 1.78 bits per heavy atom. The maximum absolute atomic E-state index is 9.64. The van der Waals surface area contributed by atoms with Gasteiger partial charge in [0.15, 0.2) is 0 Å². The van der Waals surface area contributed by atoms with Crippen LogP contribution in [0.1, 0.15) is 22.5 Å². The highest BCUT2D eigenvalue weighted by atomic mass is 79.9. The van der Waals surface area contributed by atoms with E-state index >= 15 is 0 Å². The lowest BCUT2D eigenvalue weighted by molar-refractivity contribution is 0.468. The van der Waals surface area contributed by atoms with E-state index in [9.17, 15) is 5.11 Å². The molecule has 0 amide bonds. The molecule has 5 heteroatoms. The van der Waals surface area contributed by atoms with Gasteiger partial charge in [-0.05, 0) is 63.4 Å². The number of phenolic OH excluding ortho intramolecular Hbond substituents is 1. The first kappa shape index (κ1) is 13.4. The Morgan fingerprint density at radius 3 is 2.28 bits per heavy atom. The minimum absolute atomic E-state index is 0.211. The lowest BCUT2D eigenvalue weighted by atomic mass is 10.1. The number of halogens is 2. The first-order chi connectivity index (χ1) is 8.49. The number of H-pyrrole nitrogens is 1. The average molecular weight is 372 g/mol. The molecule has 0 aliphatic rings. The third kappa shape index (κ3) is 2.67. The van der Waals surface area contributed by atoms with Crippen LogP contribution in [-0.4, -0.2) is 15.3 Å². The monoisotopic (exact) mass is 370 g/mol. The van der Waals surface area contributed by atoms with Gasteiger partial charge in [0.2, 0.25) is 0 Å². The quantitative estimate of drug-likeness (QED) is 0.820. The summed E-state index contributed by atoms with van der Waals surface area (Å²) in [6, 6.07) is 3.72. The van der Waals surface area contributed by atoms with Gasteiger partial charge >= 0.3 is 0 Å². The number of hydrogen-bond acceptors (Lipinski definition) is 2. The minimum atomic E-state index is 0.211. The van der Waals surface area contributed by atoms with Gasteiger partial charge in [-0.2, -0.15) is 5.10 Å². The van der Waals surface area contributed by atoms with Crippen molar-refractivity contribution in [3.05, 3.63) is 43.6 Å². The van der Waals surface area contributed by atoms with E-state index in [0.717, 1.165) is 22.5 Å². The number of nitrogens with one attached hydrogen (secondary N) is 1. The van der Waals surface area contributed by atoms with Crippen molar-refractivity contribution in [1.29, 1.82) is 0 Å². The largest absolute Gasteiger partial charge is 0.506 e. The lowest BCUT2D eigenvalue weighted by Gasteiger charge is -2.02. The third-order valence-corrected chi connectivity index (χ3v) is 3.88. The van der Waals surface area contributed by atoms with E-state index in [2.05, 4.69) is 42.1 Å². The molecule has 1 heterocycles. The molecule has 0 radical (unpaired) electrons. The Bertz CT molecular complexity index is 575. The number of aromatic amines is 1. The first-order valence-electron chi connectivity index (χ1n) is 5.36. The van der Waals surface area contributed by atoms with Gasteiger partial charge in [0.05, 0.1) is 14.6 Å². The molecule has 1 aromatic heterocycles. The maximum atomic E-state index is 9.64. The number of benzene rings is 1. The molecule has 0 unspecified atom stereocenters. The second-order valence-electron chi connectivity index (χ2n) is 4.01. The van der Waals surface area contributed by atoms with Gasteiger partial charge in [-0.25, -0.2) is 0 Å². The van der Waals surface area contributed by atoms with E-state index in [1.165, 1.54) is 0 Å². The van der Waals surface area contributed by atoms with E-state index in [-0.39, 0.29) is 5.75 Å². The van der Waals surface area contributed by atoms with Gasteiger partial charge < -0.3 is 5.11 Å². The van der Waals surface area contributed by atoms with Crippen LogP contribution in [0.25, 0.3) is 12.2 Å². The highest BCUT2D eigenvalue weighted by Crippen LogP contribution is 2.33. The van der Waals surface area contributed by atoms with Gasteiger partial charge in [0.1, 0.15) is 5.75 Å². The van der Waals surface area contributed by atoms with Crippen molar-refractivity contribution >= 4 is 44.0 Å². The van der Waals surface area contributed by atoms with Crippen LogP contribution in [0.2, 0.25) is 0 Å². The Labute approximate surface area is 122 Å². The molecular formula is C13H12Br2N2O. The number of aryl methyl sites for hydroxylation is 2. The fourth-order valence-corrected chi connectivity index (χ4v) is 2.89. The third-order valence-electron chi connectivity index (χ3n) is 2.67. The normalized spacial score (nSPS) is 11.3. The summed E-state index contributed by atoms with van der Waals surface area (Å²) in [7, 11) is 0. The van der Waals surface area contributed by atoms with E-state index in [1.807, 2.05) is 38.1 Å². The van der Waals surface area contributed by atoms with E-state index in [0.29, 0.717) is 8.95 Å². The summed E-state index contributed by atoms with van der Waals surface area (Å²) in [5.41, 5.74) is 4.10. The zero-order chi connectivity index (χ0) is 13.3. The summed E-state index contributed by atoms with van der Waals surface area (Å²) in [5.74, 6) is 0.211. The molecule has 0 atom stereocenters. The van der Waals surface area contributed by atoms with Gasteiger partial charge in [-0.15, -0.1) is 0 Å². The SMILES string of the molecule is Cc1n[nH]c(C)c1/C=C/c1cc(Br)c(O)c(Br)c1. The second kappa shape index (κ2) is 5.28. The van der Waals surface area contributed by atoms with E-state index < -0.39 is 0 Å². The summed E-state index contributed by atoms with van der Waals surface area (Å²) in [5, 5.41) is 16.7. The molecule has 0 bridgehead atoms. The fourth-order valence-electron chi connectivity index (χ4n) is 1.67. The number of aromatic hydroxyl groups is 1. The highest BCUT2D eigenvalue weighted by molar-refractivity contribution is 9.11. The molecule has 2 aromatic rings. The number of nitrogens with zero attached hydrogens (tertiary/aromatic N) is 1. The van der Waals surface area contributed by atoms with Gasteiger partial charge in [-0.3, -0.25) is 5.10 Å². The molecule has 0 saturated heterocycles. The predicted molar refractivity (Wildman–Crippen MR) is 80.5 cm³/mol. The van der Waals surface area contributed by atoms with Crippen molar-refractivity contribution in [3.63, 3.8) is 0 Å². The van der Waals surface area contributed by atoms with E-state index in [4.69, 9.17) is 0 Å². The molecule has 0 aliphatic carbocycles. The number of phenols is 1. The zero-order valence-corrected chi connectivity index (χ0v) is 13.1. The fraction of sp³-hybridized carbons (Fsp3) is 0.154. The summed E-state index contributed by atoms with van der Waals surface area (Å²) in [6.07, 6.45) is 4.00. The van der Waals surface area contributed by atoms with Crippen molar-refractivity contribution in [2.24, 2.45) is 0 Å². The molecule has 3 nitrogen and oxygen atoms in total. The summed E-state index contributed by atoms with van der Waals surface area (Å²) < 4.78 is 1.33. The van der Waals surface area contributed by atoms with Crippen LogP contribution in [0.5, 0.6) is 5.75 Å². The summed E-state index contributed by atoms with van der Waals surface area (Å²) in [4.78, 5) is 0. The number of aromatic nitrogens is 2. The summed E-state index contributed by atoms with van der Waals surface area (Å²) >= 11 is 6.62. The van der Waals surface area contributed by atoms with Gasteiger partial charge in [0, 0.05) is 11.3 Å². The molecule has 0 saturated carbocycles. The van der Waals surface area contributed by atoms with Crippen LogP contribution >= 0.6 is 31.9 Å². The highest BCUT2D eigenvalue weighted by Gasteiger charge is 2.05. The van der Waals surface area contributed by atoms with Crippen molar-refractivity contribution < 1.29 is 5.11 Å². The molecule has 1 aromatic carbocycles. The van der Waals surface area contributed by atoms with Crippen molar-refractivity contribution in [1.82, 2.24) is 10.2 Å². The second-order valence-corrected chi connectivity index (χ2v) is 5.72. The van der Waals surface area contributed by atoms with Gasteiger partial charge in [-0.1, -0.05) is 12.2 Å². The smallest absolute Gasteiger partial charge is 0.143 e. The molecule has 2 rings (SSSR count). The Balaban J connectivity index is 2.35. The minimum Gasteiger partial charge on any atom is -0.506 e. The topological polar surface area (TPSA) is 48.9 Å². The Hall–Kier alpha value is -1.07. The van der Waals surface area contributed by atoms with Crippen LogP contribution in [0, 0.1) is 13.8 Å². The molecule has 0 aliphatic heterocycles. The number of hydrogen-bond donors (Lipinski definition) is 2. The van der Waals surface area contributed by atoms with Crippen LogP contribution in [-0.2, 0) is 0 Å².